The van der Waals surface area contributed by atoms with Gasteiger partial charge in [0, 0.05) is 24.2 Å². The Labute approximate surface area is 112 Å². The molecule has 0 saturated carbocycles. The van der Waals surface area contributed by atoms with Gasteiger partial charge in [-0.05, 0) is 49.0 Å². The lowest BCUT2D eigenvalue weighted by atomic mass is 10.1. The maximum atomic E-state index is 9.50. The second kappa shape index (κ2) is 5.45. The number of nitrogens with one attached hydrogen (secondary N) is 2. The summed E-state index contributed by atoms with van der Waals surface area (Å²) >= 11 is 0. The van der Waals surface area contributed by atoms with E-state index in [1.54, 1.807) is 18.3 Å². The highest BCUT2D eigenvalue weighted by Crippen LogP contribution is 2.24. The fourth-order valence-electron chi connectivity index (χ4n) is 2.62. The van der Waals surface area contributed by atoms with E-state index in [0.717, 1.165) is 29.7 Å². The highest BCUT2D eigenvalue weighted by Gasteiger charge is 2.12. The summed E-state index contributed by atoms with van der Waals surface area (Å²) in [5.41, 5.74) is 0. The quantitative estimate of drug-likeness (QED) is 0.790. The van der Waals surface area contributed by atoms with Gasteiger partial charge in [0.15, 0.2) is 0 Å². The number of benzene rings is 1. The summed E-state index contributed by atoms with van der Waals surface area (Å²) in [7, 11) is 0. The van der Waals surface area contributed by atoms with Crippen molar-refractivity contribution >= 4 is 16.6 Å². The molecule has 100 valence electrons. The number of aromatic hydroxyl groups is 1. The van der Waals surface area contributed by atoms with Crippen LogP contribution in [0.2, 0.25) is 0 Å². The third-order valence-corrected chi connectivity index (χ3v) is 3.68. The lowest BCUT2D eigenvalue weighted by molar-refractivity contribution is 0.414. The Hall–Kier alpha value is -1.81. The molecule has 3 rings (SSSR count). The van der Waals surface area contributed by atoms with Crippen LogP contribution in [0.15, 0.2) is 30.5 Å². The fraction of sp³-hybridized carbons (Fsp3) is 0.400. The van der Waals surface area contributed by atoms with Gasteiger partial charge in [0.25, 0.3) is 0 Å². The number of pyridine rings is 1. The molecule has 2 heterocycles. The van der Waals surface area contributed by atoms with E-state index >= 15 is 0 Å². The standard InChI is InChI=1S/C15H19N3O/c19-13-4-5-14-11(9-13)6-8-17-15(14)18-10-12-3-1-2-7-16-12/h4-6,8-9,12,16,19H,1-3,7,10H2,(H,17,18). The molecule has 0 aliphatic carbocycles. The van der Waals surface area contributed by atoms with Crippen LogP contribution in [0.3, 0.4) is 0 Å². The summed E-state index contributed by atoms with van der Waals surface area (Å²) in [5.74, 6) is 1.18. The molecule has 1 aliphatic heterocycles. The molecule has 1 atom stereocenters. The number of rotatable bonds is 3. The average molecular weight is 257 g/mol. The lowest BCUT2D eigenvalue weighted by Gasteiger charge is -2.24. The van der Waals surface area contributed by atoms with Crippen molar-refractivity contribution in [3.8, 4) is 5.75 Å². The highest BCUT2D eigenvalue weighted by molar-refractivity contribution is 5.92. The van der Waals surface area contributed by atoms with Crippen LogP contribution >= 0.6 is 0 Å². The zero-order valence-electron chi connectivity index (χ0n) is 10.9. The second-order valence-electron chi connectivity index (χ2n) is 5.09. The summed E-state index contributed by atoms with van der Waals surface area (Å²) in [5, 5.41) is 18.5. The Morgan fingerprint density at radius 1 is 1.32 bits per heavy atom. The van der Waals surface area contributed by atoms with E-state index in [0.29, 0.717) is 11.8 Å². The number of hydrogen-bond acceptors (Lipinski definition) is 4. The topological polar surface area (TPSA) is 57.2 Å². The van der Waals surface area contributed by atoms with Gasteiger partial charge < -0.3 is 15.7 Å². The molecule has 4 heteroatoms. The van der Waals surface area contributed by atoms with Gasteiger partial charge in [0.2, 0.25) is 0 Å². The molecule has 3 N–H and O–H groups in total. The van der Waals surface area contributed by atoms with Crippen LogP contribution in [-0.2, 0) is 0 Å². The smallest absolute Gasteiger partial charge is 0.133 e. The zero-order chi connectivity index (χ0) is 13.1. The first-order chi connectivity index (χ1) is 9.33. The Kier molecular flexibility index (Phi) is 3.51. The molecule has 19 heavy (non-hydrogen) atoms. The number of phenols is 1. The molecule has 4 nitrogen and oxygen atoms in total. The van der Waals surface area contributed by atoms with Crippen molar-refractivity contribution in [3.05, 3.63) is 30.5 Å². The molecule has 2 aromatic rings. The minimum Gasteiger partial charge on any atom is -0.508 e. The van der Waals surface area contributed by atoms with Crippen molar-refractivity contribution in [3.63, 3.8) is 0 Å². The maximum absolute atomic E-state index is 9.50. The van der Waals surface area contributed by atoms with E-state index in [2.05, 4.69) is 15.6 Å². The largest absolute Gasteiger partial charge is 0.508 e. The fourth-order valence-corrected chi connectivity index (χ4v) is 2.62. The highest BCUT2D eigenvalue weighted by atomic mass is 16.3. The molecule has 0 bridgehead atoms. The first kappa shape index (κ1) is 12.2. The van der Waals surface area contributed by atoms with Gasteiger partial charge >= 0.3 is 0 Å². The predicted molar refractivity (Wildman–Crippen MR) is 77.5 cm³/mol. The third-order valence-electron chi connectivity index (χ3n) is 3.68. The Morgan fingerprint density at radius 2 is 2.26 bits per heavy atom. The number of phenolic OH excluding ortho intramolecular Hbond substituents is 1. The predicted octanol–water partition coefficient (Wildman–Crippen LogP) is 2.49. The number of piperidine rings is 1. The first-order valence-electron chi connectivity index (χ1n) is 6.88. The number of aromatic nitrogens is 1. The molecule has 0 amide bonds. The minimum atomic E-state index is 0.290. The van der Waals surface area contributed by atoms with Gasteiger partial charge in [-0.1, -0.05) is 6.42 Å². The Morgan fingerprint density at radius 3 is 3.11 bits per heavy atom. The summed E-state index contributed by atoms with van der Waals surface area (Å²) < 4.78 is 0. The summed E-state index contributed by atoms with van der Waals surface area (Å²) in [4.78, 5) is 4.40. The van der Waals surface area contributed by atoms with E-state index in [-0.39, 0.29) is 0 Å². The van der Waals surface area contributed by atoms with Crippen LogP contribution < -0.4 is 10.6 Å². The van der Waals surface area contributed by atoms with E-state index in [4.69, 9.17) is 0 Å². The number of anilines is 1. The van der Waals surface area contributed by atoms with Crippen LogP contribution in [0, 0.1) is 0 Å². The van der Waals surface area contributed by atoms with Crippen LogP contribution in [0.4, 0.5) is 5.82 Å². The number of hydrogen-bond donors (Lipinski definition) is 3. The van der Waals surface area contributed by atoms with Crippen molar-refractivity contribution < 1.29 is 5.11 Å². The zero-order valence-corrected chi connectivity index (χ0v) is 10.9. The van der Waals surface area contributed by atoms with Gasteiger partial charge in [-0.25, -0.2) is 4.98 Å². The van der Waals surface area contributed by atoms with Gasteiger partial charge in [-0.15, -0.1) is 0 Å². The normalized spacial score (nSPS) is 19.5. The molecular formula is C15H19N3O. The van der Waals surface area contributed by atoms with Crippen molar-refractivity contribution in [1.29, 1.82) is 0 Å². The van der Waals surface area contributed by atoms with Gasteiger partial charge in [-0.2, -0.15) is 0 Å². The van der Waals surface area contributed by atoms with Gasteiger partial charge in [0.1, 0.15) is 11.6 Å². The van der Waals surface area contributed by atoms with Crippen molar-refractivity contribution in [2.24, 2.45) is 0 Å². The third kappa shape index (κ3) is 2.79. The summed E-state index contributed by atoms with van der Waals surface area (Å²) in [6.07, 6.45) is 5.58. The van der Waals surface area contributed by atoms with Crippen molar-refractivity contribution in [2.45, 2.75) is 25.3 Å². The van der Waals surface area contributed by atoms with Crippen LogP contribution in [0.25, 0.3) is 10.8 Å². The van der Waals surface area contributed by atoms with E-state index in [9.17, 15) is 5.11 Å². The first-order valence-corrected chi connectivity index (χ1v) is 6.88. The minimum absolute atomic E-state index is 0.290. The number of fused-ring (bicyclic) bond motifs is 1. The molecular weight excluding hydrogens is 238 g/mol. The second-order valence-corrected chi connectivity index (χ2v) is 5.09. The monoisotopic (exact) mass is 257 g/mol. The Balaban J connectivity index is 1.76. The summed E-state index contributed by atoms with van der Waals surface area (Å²) in [6.45, 7) is 2.01. The molecule has 1 fully saturated rings. The lowest BCUT2D eigenvalue weighted by Crippen LogP contribution is -2.39. The molecule has 1 saturated heterocycles. The van der Waals surface area contributed by atoms with Crippen molar-refractivity contribution in [1.82, 2.24) is 10.3 Å². The Bertz CT molecular complexity index is 564. The van der Waals surface area contributed by atoms with E-state index < -0.39 is 0 Å². The van der Waals surface area contributed by atoms with E-state index in [1.165, 1.54) is 19.3 Å². The summed E-state index contributed by atoms with van der Waals surface area (Å²) in [6, 6.07) is 7.82. The molecule has 1 aromatic heterocycles. The van der Waals surface area contributed by atoms with E-state index in [1.807, 2.05) is 12.1 Å². The van der Waals surface area contributed by atoms with Gasteiger partial charge in [0.05, 0.1) is 0 Å². The van der Waals surface area contributed by atoms with Gasteiger partial charge in [-0.3, -0.25) is 0 Å². The molecule has 0 spiro atoms. The molecule has 1 aromatic carbocycles. The van der Waals surface area contributed by atoms with Crippen LogP contribution in [0.1, 0.15) is 19.3 Å². The molecule has 0 radical (unpaired) electrons. The average Bonchev–Trinajstić information content (AvgIpc) is 2.45. The van der Waals surface area contributed by atoms with Crippen molar-refractivity contribution in [2.75, 3.05) is 18.4 Å². The SMILES string of the molecule is Oc1ccc2c(NCC3CCCCN3)nccc2c1. The molecule has 1 unspecified atom stereocenters. The molecule has 1 aliphatic rings. The van der Waals surface area contributed by atoms with Crippen LogP contribution in [0.5, 0.6) is 5.75 Å². The van der Waals surface area contributed by atoms with Crippen LogP contribution in [-0.4, -0.2) is 29.2 Å². The number of nitrogens with zero attached hydrogens (tertiary/aromatic N) is 1. The maximum Gasteiger partial charge on any atom is 0.133 e.